The number of aromatic nitrogens is 2. The molecule has 2 heterocycles. The van der Waals surface area contributed by atoms with Crippen molar-refractivity contribution in [3.05, 3.63) is 47.4 Å². The topological polar surface area (TPSA) is 78.4 Å². The van der Waals surface area contributed by atoms with Crippen LogP contribution in [0.2, 0.25) is 0 Å². The zero-order valence-corrected chi connectivity index (χ0v) is 13.3. The molecule has 0 spiro atoms. The van der Waals surface area contributed by atoms with Crippen LogP contribution in [0.3, 0.4) is 0 Å². The fourth-order valence-electron chi connectivity index (χ4n) is 2.72. The van der Waals surface area contributed by atoms with E-state index in [1.54, 1.807) is 0 Å². The van der Waals surface area contributed by atoms with Crippen LogP contribution in [0.5, 0.6) is 0 Å². The van der Waals surface area contributed by atoms with Crippen LogP contribution in [0.1, 0.15) is 36.6 Å². The lowest BCUT2D eigenvalue weighted by atomic mass is 10.0. The second-order valence-corrected chi connectivity index (χ2v) is 6.01. The zero-order chi connectivity index (χ0) is 16.4. The summed E-state index contributed by atoms with van der Waals surface area (Å²) >= 11 is 0. The van der Waals surface area contributed by atoms with Crippen molar-refractivity contribution in [1.29, 1.82) is 0 Å². The average molecular weight is 312 g/mol. The first kappa shape index (κ1) is 15.3. The van der Waals surface area contributed by atoms with Gasteiger partial charge < -0.3 is 15.3 Å². The van der Waals surface area contributed by atoms with Crippen LogP contribution in [0.15, 0.2) is 30.6 Å². The maximum Gasteiger partial charge on any atom is 0.407 e. The third-order valence-electron chi connectivity index (χ3n) is 4.09. The SMILES string of the molecule is CC(C)c1cccc(Nc2ncnc3c2CN(C(=O)O)CC3)c1. The van der Waals surface area contributed by atoms with Gasteiger partial charge in [-0.2, -0.15) is 0 Å². The number of amides is 1. The van der Waals surface area contributed by atoms with Crippen molar-refractivity contribution in [3.8, 4) is 0 Å². The van der Waals surface area contributed by atoms with Gasteiger partial charge in [-0.05, 0) is 23.6 Å². The molecule has 6 nitrogen and oxygen atoms in total. The summed E-state index contributed by atoms with van der Waals surface area (Å²) in [7, 11) is 0. The Kier molecular flexibility index (Phi) is 4.14. The highest BCUT2D eigenvalue weighted by Crippen LogP contribution is 2.27. The summed E-state index contributed by atoms with van der Waals surface area (Å²) in [4.78, 5) is 21.2. The van der Waals surface area contributed by atoms with E-state index in [4.69, 9.17) is 0 Å². The Hall–Kier alpha value is -2.63. The van der Waals surface area contributed by atoms with Gasteiger partial charge in [0.25, 0.3) is 0 Å². The number of hydrogen-bond acceptors (Lipinski definition) is 4. The molecule has 0 bridgehead atoms. The minimum absolute atomic E-state index is 0.317. The highest BCUT2D eigenvalue weighted by Gasteiger charge is 2.24. The van der Waals surface area contributed by atoms with Gasteiger partial charge in [0.2, 0.25) is 0 Å². The largest absolute Gasteiger partial charge is 0.465 e. The molecule has 0 fully saturated rings. The van der Waals surface area contributed by atoms with E-state index in [9.17, 15) is 9.90 Å². The molecule has 3 rings (SSSR count). The number of carboxylic acid groups (broad SMARTS) is 1. The summed E-state index contributed by atoms with van der Waals surface area (Å²) in [6.45, 7) is 5.09. The van der Waals surface area contributed by atoms with Gasteiger partial charge in [0.05, 0.1) is 12.2 Å². The van der Waals surface area contributed by atoms with Crippen molar-refractivity contribution in [1.82, 2.24) is 14.9 Å². The van der Waals surface area contributed by atoms with Crippen LogP contribution in [0.25, 0.3) is 0 Å². The number of fused-ring (bicyclic) bond motifs is 1. The summed E-state index contributed by atoms with van der Waals surface area (Å²) in [5.74, 6) is 1.13. The highest BCUT2D eigenvalue weighted by atomic mass is 16.4. The summed E-state index contributed by atoms with van der Waals surface area (Å²) in [6.07, 6.45) is 1.24. The van der Waals surface area contributed by atoms with Gasteiger partial charge in [0, 0.05) is 24.2 Å². The van der Waals surface area contributed by atoms with Crippen molar-refractivity contribution in [2.24, 2.45) is 0 Å². The minimum Gasteiger partial charge on any atom is -0.465 e. The standard InChI is InChI=1S/C17H20N4O2/c1-11(2)12-4-3-5-13(8-12)20-16-14-9-21(17(22)23)7-6-15(14)18-10-19-16/h3-5,8,10-11H,6-7,9H2,1-2H3,(H,22,23)(H,18,19,20). The molecule has 23 heavy (non-hydrogen) atoms. The fourth-order valence-corrected chi connectivity index (χ4v) is 2.72. The molecular weight excluding hydrogens is 292 g/mol. The summed E-state index contributed by atoms with van der Waals surface area (Å²) in [5.41, 5.74) is 3.96. The molecule has 0 atom stereocenters. The maximum absolute atomic E-state index is 11.2. The van der Waals surface area contributed by atoms with Gasteiger partial charge in [-0.25, -0.2) is 14.8 Å². The van der Waals surface area contributed by atoms with Gasteiger partial charge in [-0.15, -0.1) is 0 Å². The first-order chi connectivity index (χ1) is 11.0. The molecule has 120 valence electrons. The Morgan fingerprint density at radius 1 is 1.35 bits per heavy atom. The molecule has 0 aliphatic carbocycles. The number of nitrogens with one attached hydrogen (secondary N) is 1. The van der Waals surface area contributed by atoms with E-state index in [-0.39, 0.29) is 0 Å². The first-order valence-corrected chi connectivity index (χ1v) is 7.72. The molecule has 1 aliphatic rings. The molecule has 1 aromatic heterocycles. The molecule has 1 aromatic carbocycles. The summed E-state index contributed by atoms with van der Waals surface area (Å²) < 4.78 is 0. The lowest BCUT2D eigenvalue weighted by Gasteiger charge is -2.27. The Morgan fingerprint density at radius 2 is 2.17 bits per heavy atom. The van der Waals surface area contributed by atoms with E-state index < -0.39 is 6.09 Å². The summed E-state index contributed by atoms with van der Waals surface area (Å²) in [5, 5.41) is 12.5. The Balaban J connectivity index is 1.90. The third kappa shape index (κ3) is 3.26. The molecule has 2 N–H and O–H groups in total. The minimum atomic E-state index is -0.910. The quantitative estimate of drug-likeness (QED) is 0.908. The van der Waals surface area contributed by atoms with Crippen molar-refractivity contribution < 1.29 is 9.90 Å². The van der Waals surface area contributed by atoms with Crippen LogP contribution in [0.4, 0.5) is 16.3 Å². The van der Waals surface area contributed by atoms with Crippen molar-refractivity contribution >= 4 is 17.6 Å². The number of rotatable bonds is 3. The second-order valence-electron chi connectivity index (χ2n) is 6.01. The third-order valence-corrected chi connectivity index (χ3v) is 4.09. The highest BCUT2D eigenvalue weighted by molar-refractivity contribution is 5.67. The molecule has 2 aromatic rings. The van der Waals surface area contributed by atoms with E-state index in [0.29, 0.717) is 31.2 Å². The van der Waals surface area contributed by atoms with Gasteiger partial charge in [0.15, 0.2) is 0 Å². The van der Waals surface area contributed by atoms with Crippen molar-refractivity contribution in [3.63, 3.8) is 0 Å². The van der Waals surface area contributed by atoms with Gasteiger partial charge in [0.1, 0.15) is 12.1 Å². The molecular formula is C17H20N4O2. The number of hydrogen-bond donors (Lipinski definition) is 2. The zero-order valence-electron chi connectivity index (χ0n) is 13.3. The number of benzene rings is 1. The van der Waals surface area contributed by atoms with Crippen molar-refractivity contribution in [2.75, 3.05) is 11.9 Å². The van der Waals surface area contributed by atoms with Crippen LogP contribution in [0, 0.1) is 0 Å². The molecule has 0 unspecified atom stereocenters. The smallest absolute Gasteiger partial charge is 0.407 e. The molecule has 0 saturated heterocycles. The molecule has 0 radical (unpaired) electrons. The molecule has 0 saturated carbocycles. The first-order valence-electron chi connectivity index (χ1n) is 7.72. The Labute approximate surface area is 135 Å². The van der Waals surface area contributed by atoms with Crippen LogP contribution in [-0.2, 0) is 13.0 Å². The van der Waals surface area contributed by atoms with Gasteiger partial charge in [-0.1, -0.05) is 26.0 Å². The van der Waals surface area contributed by atoms with E-state index in [1.165, 1.54) is 16.8 Å². The fraction of sp³-hybridized carbons (Fsp3) is 0.353. The Bertz CT molecular complexity index is 730. The van der Waals surface area contributed by atoms with E-state index in [1.807, 2.05) is 12.1 Å². The van der Waals surface area contributed by atoms with Crippen LogP contribution >= 0.6 is 0 Å². The van der Waals surface area contributed by atoms with Crippen LogP contribution in [-0.4, -0.2) is 32.6 Å². The maximum atomic E-state index is 11.2. The normalized spacial score (nSPS) is 13.8. The van der Waals surface area contributed by atoms with Crippen LogP contribution < -0.4 is 5.32 Å². The van der Waals surface area contributed by atoms with Gasteiger partial charge in [-0.3, -0.25) is 0 Å². The lowest BCUT2D eigenvalue weighted by Crippen LogP contribution is -2.35. The second kappa shape index (κ2) is 6.24. The predicted molar refractivity (Wildman–Crippen MR) is 88.0 cm³/mol. The number of carbonyl (C=O) groups is 1. The predicted octanol–water partition coefficient (Wildman–Crippen LogP) is 3.38. The monoisotopic (exact) mass is 312 g/mol. The summed E-state index contributed by atoms with van der Waals surface area (Å²) in [6, 6.07) is 8.18. The van der Waals surface area contributed by atoms with Crippen molar-refractivity contribution in [2.45, 2.75) is 32.7 Å². The number of anilines is 2. The average Bonchev–Trinajstić information content (AvgIpc) is 2.55. The Morgan fingerprint density at radius 3 is 2.91 bits per heavy atom. The van der Waals surface area contributed by atoms with E-state index in [2.05, 4.69) is 41.3 Å². The molecule has 6 heteroatoms. The number of nitrogens with zero attached hydrogens (tertiary/aromatic N) is 3. The van der Waals surface area contributed by atoms with E-state index in [0.717, 1.165) is 16.9 Å². The van der Waals surface area contributed by atoms with E-state index >= 15 is 0 Å². The molecule has 1 amide bonds. The molecule has 1 aliphatic heterocycles. The lowest BCUT2D eigenvalue weighted by molar-refractivity contribution is 0.139. The van der Waals surface area contributed by atoms with Gasteiger partial charge >= 0.3 is 6.09 Å².